The molecule has 6 nitrogen and oxygen atoms in total. The van der Waals surface area contributed by atoms with Gasteiger partial charge in [0, 0.05) is 22.4 Å². The van der Waals surface area contributed by atoms with Gasteiger partial charge in [0.05, 0.1) is 18.6 Å². The summed E-state index contributed by atoms with van der Waals surface area (Å²) in [6.45, 7) is 6.92. The van der Waals surface area contributed by atoms with Crippen LogP contribution < -0.4 is 5.32 Å². The first kappa shape index (κ1) is 18.5. The van der Waals surface area contributed by atoms with E-state index >= 15 is 0 Å². The normalized spacial score (nSPS) is 10.8. The first-order chi connectivity index (χ1) is 12.7. The SMILES string of the molecule is C=CCn1c(SCC(=O)NCc2ccco2)nnc1-c1csc(CC)c1. The summed E-state index contributed by atoms with van der Waals surface area (Å²) in [6.07, 6.45) is 4.39. The number of amides is 1. The van der Waals surface area contributed by atoms with Crippen LogP contribution in [0.2, 0.25) is 0 Å². The molecule has 0 unspecified atom stereocenters. The predicted molar refractivity (Wildman–Crippen MR) is 104 cm³/mol. The fourth-order valence-electron chi connectivity index (χ4n) is 2.37. The van der Waals surface area contributed by atoms with Crippen LogP contribution in [0.15, 0.2) is 52.1 Å². The molecule has 3 rings (SSSR count). The zero-order valence-corrected chi connectivity index (χ0v) is 16.1. The highest BCUT2D eigenvalue weighted by Crippen LogP contribution is 2.28. The second-order valence-electron chi connectivity index (χ2n) is 5.51. The summed E-state index contributed by atoms with van der Waals surface area (Å²) in [5.41, 5.74) is 1.05. The second kappa shape index (κ2) is 8.86. The molecule has 1 N–H and O–H groups in total. The fourth-order valence-corrected chi connectivity index (χ4v) is 3.96. The number of rotatable bonds is 9. The Morgan fingerprint density at radius 3 is 3.08 bits per heavy atom. The summed E-state index contributed by atoms with van der Waals surface area (Å²) in [4.78, 5) is 13.4. The lowest BCUT2D eigenvalue weighted by Crippen LogP contribution is -2.24. The molecule has 0 atom stereocenters. The van der Waals surface area contributed by atoms with Crippen LogP contribution in [0.5, 0.6) is 0 Å². The van der Waals surface area contributed by atoms with Gasteiger partial charge in [-0.25, -0.2) is 0 Å². The molecule has 0 aliphatic heterocycles. The maximum atomic E-state index is 12.1. The van der Waals surface area contributed by atoms with Crippen LogP contribution in [0.25, 0.3) is 11.4 Å². The lowest BCUT2D eigenvalue weighted by molar-refractivity contribution is -0.118. The maximum Gasteiger partial charge on any atom is 0.230 e. The number of aromatic nitrogens is 3. The Balaban J connectivity index is 1.65. The van der Waals surface area contributed by atoms with Crippen molar-refractivity contribution in [3.8, 4) is 11.4 Å². The van der Waals surface area contributed by atoms with Crippen molar-refractivity contribution < 1.29 is 9.21 Å². The van der Waals surface area contributed by atoms with Gasteiger partial charge in [-0.2, -0.15) is 0 Å². The van der Waals surface area contributed by atoms with E-state index in [9.17, 15) is 4.79 Å². The molecule has 0 aromatic carbocycles. The third-order valence-electron chi connectivity index (χ3n) is 3.66. The van der Waals surface area contributed by atoms with Crippen LogP contribution in [0.4, 0.5) is 0 Å². The number of carbonyl (C=O) groups excluding carboxylic acids is 1. The minimum atomic E-state index is -0.0788. The standard InChI is InChI=1S/C18H20N4O2S2/c1-3-7-22-17(13-9-15(4-2)25-11-13)20-21-18(22)26-12-16(23)19-10-14-6-5-8-24-14/h3,5-6,8-9,11H,1,4,7,10,12H2,2H3,(H,19,23). The summed E-state index contributed by atoms with van der Waals surface area (Å²) in [7, 11) is 0. The molecular weight excluding hydrogens is 368 g/mol. The Bertz CT molecular complexity index is 868. The van der Waals surface area contributed by atoms with Gasteiger partial charge in [-0.1, -0.05) is 24.8 Å². The number of furan rings is 1. The number of thioether (sulfide) groups is 1. The highest BCUT2D eigenvalue weighted by atomic mass is 32.2. The first-order valence-electron chi connectivity index (χ1n) is 8.25. The van der Waals surface area contributed by atoms with Gasteiger partial charge in [0.15, 0.2) is 11.0 Å². The van der Waals surface area contributed by atoms with E-state index in [1.54, 1.807) is 29.7 Å². The lowest BCUT2D eigenvalue weighted by Gasteiger charge is -2.07. The summed E-state index contributed by atoms with van der Waals surface area (Å²) in [6, 6.07) is 5.76. The smallest absolute Gasteiger partial charge is 0.230 e. The van der Waals surface area contributed by atoms with Crippen molar-refractivity contribution >= 4 is 29.0 Å². The van der Waals surface area contributed by atoms with Gasteiger partial charge in [0.2, 0.25) is 5.91 Å². The molecule has 0 fully saturated rings. The first-order valence-corrected chi connectivity index (χ1v) is 10.1. The van der Waals surface area contributed by atoms with Crippen molar-refractivity contribution in [3.05, 3.63) is 53.1 Å². The quantitative estimate of drug-likeness (QED) is 0.446. The molecule has 0 saturated carbocycles. The number of nitrogens with one attached hydrogen (secondary N) is 1. The highest BCUT2D eigenvalue weighted by Gasteiger charge is 2.16. The van der Waals surface area contributed by atoms with Crippen molar-refractivity contribution in [1.82, 2.24) is 20.1 Å². The summed E-state index contributed by atoms with van der Waals surface area (Å²) >= 11 is 3.08. The Labute approximate surface area is 160 Å². The monoisotopic (exact) mass is 388 g/mol. The zero-order valence-electron chi connectivity index (χ0n) is 14.5. The Kier molecular flexibility index (Phi) is 6.30. The van der Waals surface area contributed by atoms with Gasteiger partial charge < -0.3 is 9.73 Å². The fraction of sp³-hybridized carbons (Fsp3) is 0.278. The average molecular weight is 389 g/mol. The average Bonchev–Trinajstić information content (AvgIpc) is 3.39. The number of aryl methyl sites for hydroxylation is 1. The van der Waals surface area contributed by atoms with Crippen LogP contribution in [0.3, 0.4) is 0 Å². The van der Waals surface area contributed by atoms with Gasteiger partial charge >= 0.3 is 0 Å². The third kappa shape index (κ3) is 4.44. The highest BCUT2D eigenvalue weighted by molar-refractivity contribution is 7.99. The minimum absolute atomic E-state index is 0.0788. The molecule has 1 amide bonds. The van der Waals surface area contributed by atoms with E-state index in [2.05, 4.69) is 40.5 Å². The van der Waals surface area contributed by atoms with Crippen LogP contribution in [0.1, 0.15) is 17.6 Å². The molecule has 0 bridgehead atoms. The van der Waals surface area contributed by atoms with E-state index in [1.807, 2.05) is 10.6 Å². The molecule has 8 heteroatoms. The van der Waals surface area contributed by atoms with Gasteiger partial charge in [-0.05, 0) is 24.6 Å². The molecule has 3 aromatic heterocycles. The zero-order chi connectivity index (χ0) is 18.4. The van der Waals surface area contributed by atoms with E-state index < -0.39 is 0 Å². The van der Waals surface area contributed by atoms with Crippen molar-refractivity contribution in [2.45, 2.75) is 31.6 Å². The number of allylic oxidation sites excluding steroid dienone is 1. The largest absolute Gasteiger partial charge is 0.467 e. The van der Waals surface area contributed by atoms with Crippen LogP contribution in [-0.4, -0.2) is 26.4 Å². The summed E-state index contributed by atoms with van der Waals surface area (Å²) in [5.74, 6) is 1.72. The third-order valence-corrected chi connectivity index (χ3v) is 5.71. The number of thiophene rings is 1. The molecule has 0 spiro atoms. The number of hydrogen-bond donors (Lipinski definition) is 1. The summed E-state index contributed by atoms with van der Waals surface area (Å²) < 4.78 is 7.19. The van der Waals surface area contributed by atoms with E-state index in [4.69, 9.17) is 4.42 Å². The molecule has 136 valence electrons. The second-order valence-corrected chi connectivity index (χ2v) is 7.44. The Morgan fingerprint density at radius 1 is 1.50 bits per heavy atom. The molecule has 3 heterocycles. The van der Waals surface area contributed by atoms with E-state index in [1.165, 1.54) is 16.6 Å². The van der Waals surface area contributed by atoms with Gasteiger partial charge in [0.1, 0.15) is 5.76 Å². The molecule has 0 aliphatic rings. The maximum absolute atomic E-state index is 12.1. The van der Waals surface area contributed by atoms with Crippen LogP contribution in [0, 0.1) is 0 Å². The van der Waals surface area contributed by atoms with Crippen molar-refractivity contribution in [3.63, 3.8) is 0 Å². The van der Waals surface area contributed by atoms with Crippen molar-refractivity contribution in [1.29, 1.82) is 0 Å². The van der Waals surface area contributed by atoms with E-state index in [-0.39, 0.29) is 11.7 Å². The van der Waals surface area contributed by atoms with Crippen LogP contribution >= 0.6 is 23.1 Å². The van der Waals surface area contributed by atoms with Gasteiger partial charge in [-0.3, -0.25) is 9.36 Å². The molecular formula is C18H20N4O2S2. The van der Waals surface area contributed by atoms with E-state index in [0.717, 1.165) is 23.6 Å². The number of hydrogen-bond acceptors (Lipinski definition) is 6. The Morgan fingerprint density at radius 2 is 2.38 bits per heavy atom. The van der Waals surface area contributed by atoms with Gasteiger partial charge in [-0.15, -0.1) is 28.1 Å². The van der Waals surface area contributed by atoms with E-state index in [0.29, 0.717) is 18.2 Å². The summed E-state index contributed by atoms with van der Waals surface area (Å²) in [5, 5.41) is 14.2. The molecule has 0 radical (unpaired) electrons. The molecule has 26 heavy (non-hydrogen) atoms. The number of carbonyl (C=O) groups is 1. The Hall–Kier alpha value is -2.32. The lowest BCUT2D eigenvalue weighted by atomic mass is 10.2. The van der Waals surface area contributed by atoms with Gasteiger partial charge in [0.25, 0.3) is 0 Å². The van der Waals surface area contributed by atoms with Crippen molar-refractivity contribution in [2.75, 3.05) is 5.75 Å². The minimum Gasteiger partial charge on any atom is -0.467 e. The predicted octanol–water partition coefficient (Wildman–Crippen LogP) is 3.76. The molecule has 0 saturated heterocycles. The molecule has 3 aromatic rings. The topological polar surface area (TPSA) is 73.0 Å². The van der Waals surface area contributed by atoms with Crippen LogP contribution in [-0.2, 0) is 24.3 Å². The van der Waals surface area contributed by atoms with Crippen molar-refractivity contribution in [2.24, 2.45) is 0 Å². The number of nitrogens with zero attached hydrogens (tertiary/aromatic N) is 3. The molecule has 0 aliphatic carbocycles.